The van der Waals surface area contributed by atoms with Crippen molar-refractivity contribution >= 4 is 0 Å². The SMILES string of the molecule is C=C.CCCCCCCCOc1ccc(CNCCCO)cc1OCC.CO. The van der Waals surface area contributed by atoms with Gasteiger partial charge in [0, 0.05) is 20.3 Å². The second kappa shape index (κ2) is 23.5. The first-order valence-corrected chi connectivity index (χ1v) is 10.5. The average molecular weight is 398 g/mol. The molecule has 0 aliphatic heterocycles. The van der Waals surface area contributed by atoms with Crippen LogP contribution in [0.5, 0.6) is 11.5 Å². The highest BCUT2D eigenvalue weighted by Gasteiger charge is 2.06. The molecular formula is C23H43NO4. The van der Waals surface area contributed by atoms with E-state index >= 15 is 0 Å². The van der Waals surface area contributed by atoms with E-state index in [9.17, 15) is 0 Å². The molecule has 0 aliphatic rings. The summed E-state index contributed by atoms with van der Waals surface area (Å²) in [5.74, 6) is 1.66. The Bertz CT molecular complexity index is 441. The molecule has 0 saturated carbocycles. The highest BCUT2D eigenvalue weighted by molar-refractivity contribution is 5.43. The van der Waals surface area contributed by atoms with E-state index in [1.165, 1.54) is 37.7 Å². The largest absolute Gasteiger partial charge is 0.490 e. The Morgan fingerprint density at radius 2 is 1.57 bits per heavy atom. The van der Waals surface area contributed by atoms with Crippen molar-refractivity contribution < 1.29 is 19.7 Å². The maximum Gasteiger partial charge on any atom is 0.161 e. The van der Waals surface area contributed by atoms with Crippen molar-refractivity contribution in [3.05, 3.63) is 36.9 Å². The summed E-state index contributed by atoms with van der Waals surface area (Å²) in [6.07, 6.45) is 8.36. The second-order valence-electron chi connectivity index (χ2n) is 6.08. The molecule has 0 bridgehead atoms. The van der Waals surface area contributed by atoms with Crippen molar-refractivity contribution in [2.45, 2.75) is 65.3 Å². The molecule has 0 atom stereocenters. The first kappa shape index (κ1) is 28.6. The van der Waals surface area contributed by atoms with Gasteiger partial charge in [0.05, 0.1) is 13.2 Å². The van der Waals surface area contributed by atoms with E-state index in [4.69, 9.17) is 19.7 Å². The minimum Gasteiger partial charge on any atom is -0.490 e. The molecule has 28 heavy (non-hydrogen) atoms. The van der Waals surface area contributed by atoms with Crippen LogP contribution in [0.2, 0.25) is 0 Å². The summed E-state index contributed by atoms with van der Waals surface area (Å²) in [7, 11) is 1.00. The van der Waals surface area contributed by atoms with Crippen LogP contribution in [0, 0.1) is 0 Å². The number of hydrogen-bond acceptors (Lipinski definition) is 5. The van der Waals surface area contributed by atoms with Crippen LogP contribution in [-0.2, 0) is 6.54 Å². The lowest BCUT2D eigenvalue weighted by atomic mass is 10.1. The van der Waals surface area contributed by atoms with Gasteiger partial charge in [-0.2, -0.15) is 0 Å². The molecule has 0 saturated heterocycles. The highest BCUT2D eigenvalue weighted by Crippen LogP contribution is 2.28. The fraction of sp³-hybridized carbons (Fsp3) is 0.652. The summed E-state index contributed by atoms with van der Waals surface area (Å²) < 4.78 is 11.6. The van der Waals surface area contributed by atoms with Gasteiger partial charge >= 0.3 is 0 Å². The number of ether oxygens (including phenoxy) is 2. The average Bonchev–Trinajstić information content (AvgIpc) is 2.75. The van der Waals surface area contributed by atoms with Gasteiger partial charge in [-0.1, -0.05) is 45.1 Å². The summed E-state index contributed by atoms with van der Waals surface area (Å²) >= 11 is 0. The van der Waals surface area contributed by atoms with E-state index in [0.29, 0.717) is 6.61 Å². The van der Waals surface area contributed by atoms with Crippen LogP contribution in [-0.4, -0.2) is 43.7 Å². The molecule has 164 valence electrons. The van der Waals surface area contributed by atoms with Crippen LogP contribution in [0.4, 0.5) is 0 Å². The molecule has 0 spiro atoms. The van der Waals surface area contributed by atoms with Crippen LogP contribution in [0.15, 0.2) is 31.4 Å². The van der Waals surface area contributed by atoms with Crippen LogP contribution in [0.3, 0.4) is 0 Å². The standard InChI is InChI=1S/C20H35NO3.C2H4.CH4O/c1-3-5-6-7-8-9-15-24-19-12-11-18(16-20(19)23-4-2)17-21-13-10-14-22;2*1-2/h11-12,16,21-22H,3-10,13-15,17H2,1-2H3;1-2H2;2H,1H3. The molecule has 0 amide bonds. The zero-order valence-electron chi connectivity index (χ0n) is 18.3. The van der Waals surface area contributed by atoms with Crippen LogP contribution >= 0.6 is 0 Å². The molecule has 0 heterocycles. The van der Waals surface area contributed by atoms with Crippen LogP contribution in [0.1, 0.15) is 64.4 Å². The predicted octanol–water partition coefficient (Wildman–Crippen LogP) is 4.71. The summed E-state index contributed by atoms with van der Waals surface area (Å²) in [6, 6.07) is 6.13. The zero-order valence-corrected chi connectivity index (χ0v) is 18.3. The van der Waals surface area contributed by atoms with Crippen LogP contribution in [0.25, 0.3) is 0 Å². The van der Waals surface area contributed by atoms with Gasteiger partial charge in [-0.3, -0.25) is 0 Å². The Kier molecular flexibility index (Phi) is 24.0. The lowest BCUT2D eigenvalue weighted by Gasteiger charge is -2.14. The molecule has 5 nitrogen and oxygen atoms in total. The Balaban J connectivity index is 0. The lowest BCUT2D eigenvalue weighted by molar-refractivity contribution is 0.270. The molecule has 5 heteroatoms. The van der Waals surface area contributed by atoms with E-state index in [2.05, 4.69) is 31.5 Å². The fourth-order valence-corrected chi connectivity index (χ4v) is 2.55. The van der Waals surface area contributed by atoms with Crippen LogP contribution < -0.4 is 14.8 Å². The summed E-state index contributed by atoms with van der Waals surface area (Å²) in [4.78, 5) is 0. The highest BCUT2D eigenvalue weighted by atomic mass is 16.5. The maximum atomic E-state index is 8.80. The summed E-state index contributed by atoms with van der Waals surface area (Å²) in [6.45, 7) is 13.4. The third-order valence-corrected chi connectivity index (χ3v) is 3.90. The van der Waals surface area contributed by atoms with Gasteiger partial charge in [-0.15, -0.1) is 13.2 Å². The molecule has 0 aromatic heterocycles. The maximum absolute atomic E-state index is 8.80. The van der Waals surface area contributed by atoms with Gasteiger partial charge in [-0.25, -0.2) is 0 Å². The van der Waals surface area contributed by atoms with E-state index in [1.807, 2.05) is 19.1 Å². The number of benzene rings is 1. The van der Waals surface area contributed by atoms with Crippen molar-refractivity contribution in [1.29, 1.82) is 0 Å². The minimum absolute atomic E-state index is 0.225. The van der Waals surface area contributed by atoms with E-state index in [0.717, 1.165) is 51.1 Å². The number of hydrogen-bond donors (Lipinski definition) is 3. The Morgan fingerprint density at radius 1 is 0.893 bits per heavy atom. The van der Waals surface area contributed by atoms with Crippen molar-refractivity contribution in [2.24, 2.45) is 0 Å². The number of aliphatic hydroxyl groups excluding tert-OH is 2. The quantitative estimate of drug-likeness (QED) is 0.295. The first-order valence-electron chi connectivity index (χ1n) is 10.5. The van der Waals surface area contributed by atoms with Crippen molar-refractivity contribution in [1.82, 2.24) is 5.32 Å². The predicted molar refractivity (Wildman–Crippen MR) is 119 cm³/mol. The minimum atomic E-state index is 0.225. The molecule has 1 rings (SSSR count). The van der Waals surface area contributed by atoms with Gasteiger partial charge in [0.15, 0.2) is 11.5 Å². The molecule has 0 aliphatic carbocycles. The number of aliphatic hydroxyl groups is 2. The lowest BCUT2D eigenvalue weighted by Crippen LogP contribution is -2.15. The van der Waals surface area contributed by atoms with E-state index in [1.54, 1.807) is 0 Å². The Labute approximate surface area is 172 Å². The third-order valence-electron chi connectivity index (χ3n) is 3.90. The smallest absolute Gasteiger partial charge is 0.161 e. The van der Waals surface area contributed by atoms with Gasteiger partial charge in [-0.05, 0) is 44.0 Å². The fourth-order valence-electron chi connectivity index (χ4n) is 2.55. The topological polar surface area (TPSA) is 71.0 Å². The molecule has 3 N–H and O–H groups in total. The van der Waals surface area contributed by atoms with Crippen molar-refractivity contribution in [3.8, 4) is 11.5 Å². The van der Waals surface area contributed by atoms with Crippen molar-refractivity contribution in [3.63, 3.8) is 0 Å². The molecular weight excluding hydrogens is 354 g/mol. The second-order valence-corrected chi connectivity index (χ2v) is 6.08. The normalized spacial score (nSPS) is 9.61. The molecule has 1 aromatic rings. The Hall–Kier alpha value is -1.56. The summed E-state index contributed by atoms with van der Waals surface area (Å²) in [5, 5.41) is 19.1. The number of nitrogens with one attached hydrogen (secondary N) is 1. The molecule has 1 aromatic carbocycles. The van der Waals surface area contributed by atoms with Crippen molar-refractivity contribution in [2.75, 3.05) is 33.5 Å². The van der Waals surface area contributed by atoms with Gasteiger partial charge in [0.2, 0.25) is 0 Å². The van der Waals surface area contributed by atoms with Gasteiger partial charge in [0.1, 0.15) is 0 Å². The molecule has 0 fully saturated rings. The third kappa shape index (κ3) is 15.5. The van der Waals surface area contributed by atoms with Gasteiger partial charge < -0.3 is 25.0 Å². The van der Waals surface area contributed by atoms with E-state index < -0.39 is 0 Å². The molecule has 0 radical (unpaired) electrons. The molecule has 0 unspecified atom stereocenters. The monoisotopic (exact) mass is 397 g/mol. The Morgan fingerprint density at radius 3 is 2.21 bits per heavy atom. The first-order chi connectivity index (χ1) is 13.8. The van der Waals surface area contributed by atoms with Gasteiger partial charge in [0.25, 0.3) is 0 Å². The zero-order chi connectivity index (χ0) is 21.5. The van der Waals surface area contributed by atoms with E-state index in [-0.39, 0.29) is 6.61 Å². The number of unbranched alkanes of at least 4 members (excludes halogenated alkanes) is 5. The number of rotatable bonds is 15. The summed E-state index contributed by atoms with van der Waals surface area (Å²) in [5.41, 5.74) is 1.17.